The summed E-state index contributed by atoms with van der Waals surface area (Å²) in [6, 6.07) is 0. The summed E-state index contributed by atoms with van der Waals surface area (Å²) in [6.07, 6.45) is 1.59. The molecule has 0 spiro atoms. The van der Waals surface area contributed by atoms with Crippen LogP contribution in [0.3, 0.4) is 0 Å². The summed E-state index contributed by atoms with van der Waals surface area (Å²) in [5.41, 5.74) is 1.04. The van der Waals surface area contributed by atoms with Crippen LogP contribution < -0.4 is 0 Å². The summed E-state index contributed by atoms with van der Waals surface area (Å²) >= 11 is 0. The zero-order valence-electron chi connectivity index (χ0n) is 5.68. The summed E-state index contributed by atoms with van der Waals surface area (Å²) in [5.74, 6) is 0. The van der Waals surface area contributed by atoms with E-state index in [2.05, 4.69) is 9.98 Å². The van der Waals surface area contributed by atoms with Gasteiger partial charge in [0.1, 0.15) is 6.34 Å². The van der Waals surface area contributed by atoms with Crippen LogP contribution in [-0.2, 0) is 0 Å². The van der Waals surface area contributed by atoms with Crippen molar-refractivity contribution in [2.24, 2.45) is 9.98 Å². The highest BCUT2D eigenvalue weighted by Crippen LogP contribution is 1.70. The highest BCUT2D eigenvalue weighted by atomic mass is 14.8. The molecule has 0 heterocycles. The molecule has 0 radical (unpaired) electrons. The van der Waals surface area contributed by atoms with Gasteiger partial charge in [-0.25, -0.2) is 4.99 Å². The van der Waals surface area contributed by atoms with Crippen molar-refractivity contribution >= 4 is 12.1 Å². The van der Waals surface area contributed by atoms with Crippen molar-refractivity contribution in [2.45, 2.75) is 20.8 Å². The van der Waals surface area contributed by atoms with Crippen LogP contribution in [0.1, 0.15) is 20.8 Å². The van der Waals surface area contributed by atoms with Crippen LogP contribution in [0, 0.1) is 0 Å². The molecular weight excluding hydrogens is 100 g/mol. The fourth-order valence-corrected chi connectivity index (χ4v) is 0.238. The van der Waals surface area contributed by atoms with E-state index in [0.717, 1.165) is 12.3 Å². The van der Waals surface area contributed by atoms with Crippen LogP contribution in [0.4, 0.5) is 0 Å². The second kappa shape index (κ2) is 4.50. The van der Waals surface area contributed by atoms with Crippen molar-refractivity contribution in [1.29, 1.82) is 0 Å². The Labute approximate surface area is 50.4 Å². The summed E-state index contributed by atoms with van der Waals surface area (Å²) in [7, 11) is 0. The van der Waals surface area contributed by atoms with Gasteiger partial charge >= 0.3 is 0 Å². The lowest BCUT2D eigenvalue weighted by Crippen LogP contribution is -1.80. The van der Waals surface area contributed by atoms with Crippen LogP contribution in [0.5, 0.6) is 0 Å². The molecule has 0 atom stereocenters. The molecule has 46 valence electrons. The third kappa shape index (κ3) is 5.34. The summed E-state index contributed by atoms with van der Waals surface area (Å²) < 4.78 is 0. The third-order valence-electron chi connectivity index (χ3n) is 0.580. The molecule has 0 aliphatic carbocycles. The van der Waals surface area contributed by atoms with Crippen molar-refractivity contribution in [1.82, 2.24) is 0 Å². The molecule has 0 aromatic rings. The van der Waals surface area contributed by atoms with E-state index in [1.807, 2.05) is 20.8 Å². The van der Waals surface area contributed by atoms with Crippen molar-refractivity contribution in [2.75, 3.05) is 6.54 Å². The Balaban J connectivity index is 3.42. The van der Waals surface area contributed by atoms with Crippen LogP contribution in [0.2, 0.25) is 0 Å². The minimum atomic E-state index is 0.816. The maximum atomic E-state index is 3.94. The monoisotopic (exact) mass is 112 g/mol. The first-order chi connectivity index (χ1) is 3.77. The SMILES string of the molecule is CC/N=C\N=C(C)C. The predicted octanol–water partition coefficient (Wildman–Crippen LogP) is 1.52. The molecule has 0 N–H and O–H groups in total. The van der Waals surface area contributed by atoms with Gasteiger partial charge in [0, 0.05) is 12.3 Å². The molecule has 0 saturated carbocycles. The zero-order valence-corrected chi connectivity index (χ0v) is 5.68. The Kier molecular flexibility index (Phi) is 4.13. The standard InChI is InChI=1S/C6H12N2/c1-4-7-5-8-6(2)3/h5H,4H2,1-3H3/b7-5-. The van der Waals surface area contributed by atoms with Crippen LogP contribution in [0.25, 0.3) is 0 Å². The molecule has 0 aromatic carbocycles. The van der Waals surface area contributed by atoms with Gasteiger partial charge in [-0.3, -0.25) is 4.99 Å². The number of nitrogens with zero attached hydrogens (tertiary/aromatic N) is 2. The van der Waals surface area contributed by atoms with Gasteiger partial charge in [-0.1, -0.05) is 0 Å². The topological polar surface area (TPSA) is 24.7 Å². The maximum Gasteiger partial charge on any atom is 0.109 e. The van der Waals surface area contributed by atoms with Gasteiger partial charge < -0.3 is 0 Å². The van der Waals surface area contributed by atoms with Crippen molar-refractivity contribution in [3.8, 4) is 0 Å². The van der Waals surface area contributed by atoms with E-state index in [1.54, 1.807) is 6.34 Å². The fourth-order valence-electron chi connectivity index (χ4n) is 0.238. The smallest absolute Gasteiger partial charge is 0.109 e. The lowest BCUT2D eigenvalue weighted by atomic mass is 10.5. The maximum absolute atomic E-state index is 3.94. The Morgan fingerprint density at radius 3 is 2.50 bits per heavy atom. The molecule has 0 rings (SSSR count). The molecule has 0 aliphatic rings. The van der Waals surface area contributed by atoms with Gasteiger partial charge in [-0.15, -0.1) is 0 Å². The zero-order chi connectivity index (χ0) is 6.41. The fraction of sp³-hybridized carbons (Fsp3) is 0.667. The van der Waals surface area contributed by atoms with Gasteiger partial charge in [-0.05, 0) is 20.8 Å². The number of aliphatic imine (C=N–C) groups is 2. The molecule has 0 unspecified atom stereocenters. The molecule has 0 aromatic heterocycles. The van der Waals surface area contributed by atoms with Crippen molar-refractivity contribution < 1.29 is 0 Å². The lowest BCUT2D eigenvalue weighted by molar-refractivity contribution is 1.13. The first-order valence-electron chi connectivity index (χ1n) is 2.76. The second-order valence-corrected chi connectivity index (χ2v) is 1.69. The minimum absolute atomic E-state index is 0.816. The first kappa shape index (κ1) is 7.34. The largest absolute Gasteiger partial charge is 0.274 e. The molecule has 0 amide bonds. The van der Waals surface area contributed by atoms with Gasteiger partial charge in [0.15, 0.2) is 0 Å². The lowest BCUT2D eigenvalue weighted by Gasteiger charge is -1.80. The normalized spacial score (nSPS) is 9.88. The number of hydrogen-bond acceptors (Lipinski definition) is 1. The summed E-state index contributed by atoms with van der Waals surface area (Å²) in [4.78, 5) is 7.84. The molecule has 8 heavy (non-hydrogen) atoms. The highest BCUT2D eigenvalue weighted by Gasteiger charge is 1.69. The molecule has 0 fully saturated rings. The molecule has 2 nitrogen and oxygen atoms in total. The van der Waals surface area contributed by atoms with E-state index >= 15 is 0 Å². The Hall–Kier alpha value is -0.660. The third-order valence-corrected chi connectivity index (χ3v) is 0.580. The Bertz CT molecular complexity index is 99.1. The van der Waals surface area contributed by atoms with Gasteiger partial charge in [0.05, 0.1) is 0 Å². The molecule has 0 aliphatic heterocycles. The summed E-state index contributed by atoms with van der Waals surface area (Å²) in [5, 5.41) is 0. The van der Waals surface area contributed by atoms with E-state index in [9.17, 15) is 0 Å². The van der Waals surface area contributed by atoms with Gasteiger partial charge in [0.2, 0.25) is 0 Å². The molecule has 0 bridgehead atoms. The Morgan fingerprint density at radius 1 is 1.50 bits per heavy atom. The second-order valence-electron chi connectivity index (χ2n) is 1.69. The Morgan fingerprint density at radius 2 is 2.12 bits per heavy atom. The van der Waals surface area contributed by atoms with E-state index < -0.39 is 0 Å². The number of hydrogen-bond donors (Lipinski definition) is 0. The molecule has 2 heteroatoms. The van der Waals surface area contributed by atoms with E-state index in [-0.39, 0.29) is 0 Å². The number of rotatable bonds is 2. The first-order valence-corrected chi connectivity index (χ1v) is 2.76. The van der Waals surface area contributed by atoms with Crippen LogP contribution >= 0.6 is 0 Å². The van der Waals surface area contributed by atoms with Gasteiger partial charge in [0.25, 0.3) is 0 Å². The molecular formula is C6H12N2. The van der Waals surface area contributed by atoms with Crippen LogP contribution in [0.15, 0.2) is 9.98 Å². The van der Waals surface area contributed by atoms with E-state index in [0.29, 0.717) is 0 Å². The predicted molar refractivity (Wildman–Crippen MR) is 37.8 cm³/mol. The average molecular weight is 112 g/mol. The molecule has 0 saturated heterocycles. The summed E-state index contributed by atoms with van der Waals surface area (Å²) in [6.45, 7) is 6.69. The highest BCUT2D eigenvalue weighted by molar-refractivity contribution is 5.86. The van der Waals surface area contributed by atoms with Crippen molar-refractivity contribution in [3.63, 3.8) is 0 Å². The van der Waals surface area contributed by atoms with Crippen molar-refractivity contribution in [3.05, 3.63) is 0 Å². The van der Waals surface area contributed by atoms with E-state index in [4.69, 9.17) is 0 Å². The minimum Gasteiger partial charge on any atom is -0.274 e. The van der Waals surface area contributed by atoms with Crippen LogP contribution in [-0.4, -0.2) is 18.6 Å². The van der Waals surface area contributed by atoms with Gasteiger partial charge in [-0.2, -0.15) is 0 Å². The quantitative estimate of drug-likeness (QED) is 0.382. The van der Waals surface area contributed by atoms with E-state index in [1.165, 1.54) is 0 Å². The average Bonchev–Trinajstić information content (AvgIpc) is 1.66.